The Balaban J connectivity index is 1.57. The van der Waals surface area contributed by atoms with E-state index in [1.54, 1.807) is 18.2 Å². The van der Waals surface area contributed by atoms with E-state index in [4.69, 9.17) is 14.2 Å². The highest BCUT2D eigenvalue weighted by Gasteiger charge is 2.25. The van der Waals surface area contributed by atoms with Crippen LogP contribution in [-0.4, -0.2) is 23.9 Å². The molecule has 0 spiro atoms. The summed E-state index contributed by atoms with van der Waals surface area (Å²) in [5, 5.41) is 10.8. The fourth-order valence-corrected chi connectivity index (χ4v) is 4.34. The van der Waals surface area contributed by atoms with Gasteiger partial charge in [-0.2, -0.15) is 0 Å². The zero-order valence-electron chi connectivity index (χ0n) is 17.7. The number of nitro groups is 1. The fourth-order valence-electron chi connectivity index (χ4n) is 3.16. The molecule has 0 fully saturated rings. The van der Waals surface area contributed by atoms with Gasteiger partial charge in [0.2, 0.25) is 5.90 Å². The number of cyclic esters (lactones) is 1. The second-order valence-corrected chi connectivity index (χ2v) is 9.19. The SMILES string of the molecule is COc1cc(/C=C2\N=C(c3ccc([N+](=O)[O-])cc3)OC2=O)cc(Br)c1OCc1cccc(I)c1. The Bertz CT molecular complexity index is 1340. The fraction of sp³-hybridized carbons (Fsp3) is 0.0833. The van der Waals surface area contributed by atoms with Gasteiger partial charge in [0.25, 0.3) is 5.69 Å². The van der Waals surface area contributed by atoms with Crippen LogP contribution < -0.4 is 9.47 Å². The molecule has 0 bridgehead atoms. The van der Waals surface area contributed by atoms with Crippen LogP contribution in [0.15, 0.2) is 75.8 Å². The van der Waals surface area contributed by atoms with Gasteiger partial charge in [-0.1, -0.05) is 12.1 Å². The number of aliphatic imine (C=N–C) groups is 1. The maximum atomic E-state index is 12.3. The Morgan fingerprint density at radius 3 is 2.62 bits per heavy atom. The van der Waals surface area contributed by atoms with Gasteiger partial charge in [-0.15, -0.1) is 0 Å². The average Bonchev–Trinajstić information content (AvgIpc) is 3.18. The van der Waals surface area contributed by atoms with Gasteiger partial charge in [-0.05, 0) is 92.1 Å². The van der Waals surface area contributed by atoms with Crippen molar-refractivity contribution in [1.29, 1.82) is 0 Å². The van der Waals surface area contributed by atoms with Gasteiger partial charge in [0.15, 0.2) is 17.2 Å². The zero-order valence-corrected chi connectivity index (χ0v) is 21.4. The summed E-state index contributed by atoms with van der Waals surface area (Å²) >= 11 is 5.76. The molecule has 1 heterocycles. The summed E-state index contributed by atoms with van der Waals surface area (Å²) < 4.78 is 18.5. The molecule has 0 saturated heterocycles. The number of halogens is 2. The van der Waals surface area contributed by atoms with E-state index >= 15 is 0 Å². The molecule has 0 atom stereocenters. The molecule has 0 aromatic heterocycles. The molecule has 1 aliphatic heterocycles. The van der Waals surface area contributed by atoms with Crippen LogP contribution in [0.4, 0.5) is 5.69 Å². The van der Waals surface area contributed by atoms with E-state index in [-0.39, 0.29) is 17.3 Å². The summed E-state index contributed by atoms with van der Waals surface area (Å²) in [5.41, 5.74) is 2.15. The Kier molecular flexibility index (Phi) is 7.27. The van der Waals surface area contributed by atoms with Crippen molar-refractivity contribution < 1.29 is 23.9 Å². The van der Waals surface area contributed by atoms with Gasteiger partial charge >= 0.3 is 5.97 Å². The van der Waals surface area contributed by atoms with Crippen LogP contribution in [0, 0.1) is 13.7 Å². The van der Waals surface area contributed by atoms with Crippen molar-refractivity contribution in [3.8, 4) is 11.5 Å². The first kappa shape index (κ1) is 23.9. The first-order valence-corrected chi connectivity index (χ1v) is 11.7. The molecule has 0 unspecified atom stereocenters. The number of nitro benzene ring substituents is 1. The van der Waals surface area contributed by atoms with Gasteiger partial charge < -0.3 is 14.2 Å². The van der Waals surface area contributed by atoms with Crippen LogP contribution in [0.3, 0.4) is 0 Å². The summed E-state index contributed by atoms with van der Waals surface area (Å²) in [6.07, 6.45) is 1.57. The first-order valence-electron chi connectivity index (χ1n) is 9.86. The predicted octanol–water partition coefficient (Wildman–Crippen LogP) is 5.89. The predicted molar refractivity (Wildman–Crippen MR) is 138 cm³/mol. The van der Waals surface area contributed by atoms with Crippen LogP contribution in [0.25, 0.3) is 6.08 Å². The normalized spacial score (nSPS) is 14.0. The molecule has 3 aromatic carbocycles. The minimum absolute atomic E-state index is 0.0642. The molecular weight excluding hydrogens is 619 g/mol. The number of carbonyl (C=O) groups excluding carboxylic acids is 1. The summed E-state index contributed by atoms with van der Waals surface area (Å²) in [5.74, 6) is 0.474. The molecule has 10 heteroatoms. The summed E-state index contributed by atoms with van der Waals surface area (Å²) in [6, 6.07) is 17.1. The number of non-ortho nitro benzene ring substituents is 1. The van der Waals surface area contributed by atoms with E-state index in [2.05, 4.69) is 43.5 Å². The van der Waals surface area contributed by atoms with Crippen molar-refractivity contribution >= 4 is 62.2 Å². The van der Waals surface area contributed by atoms with Crippen LogP contribution >= 0.6 is 38.5 Å². The highest BCUT2D eigenvalue weighted by molar-refractivity contribution is 14.1. The minimum atomic E-state index is -0.623. The Hall–Kier alpha value is -3.25. The molecule has 172 valence electrons. The van der Waals surface area contributed by atoms with Crippen molar-refractivity contribution in [3.63, 3.8) is 0 Å². The van der Waals surface area contributed by atoms with Crippen LogP contribution in [0.1, 0.15) is 16.7 Å². The second-order valence-electron chi connectivity index (χ2n) is 7.09. The average molecular weight is 635 g/mol. The molecule has 0 N–H and O–H groups in total. The molecule has 1 aliphatic rings. The van der Waals surface area contributed by atoms with Crippen molar-refractivity contribution in [2.45, 2.75) is 6.61 Å². The maximum Gasteiger partial charge on any atom is 0.363 e. The van der Waals surface area contributed by atoms with E-state index in [9.17, 15) is 14.9 Å². The van der Waals surface area contributed by atoms with Gasteiger partial charge in [0, 0.05) is 21.3 Å². The Morgan fingerprint density at radius 2 is 1.94 bits per heavy atom. The number of carbonyl (C=O) groups is 1. The zero-order chi connectivity index (χ0) is 24.2. The van der Waals surface area contributed by atoms with Crippen molar-refractivity contribution in [3.05, 3.63) is 101 Å². The molecule has 34 heavy (non-hydrogen) atoms. The van der Waals surface area contributed by atoms with Crippen molar-refractivity contribution in [2.24, 2.45) is 4.99 Å². The van der Waals surface area contributed by atoms with E-state index in [0.29, 0.717) is 33.7 Å². The van der Waals surface area contributed by atoms with E-state index in [1.165, 1.54) is 31.4 Å². The number of methoxy groups -OCH3 is 1. The third kappa shape index (κ3) is 5.45. The number of benzene rings is 3. The molecule has 0 saturated carbocycles. The number of esters is 1. The van der Waals surface area contributed by atoms with Gasteiger partial charge in [0.05, 0.1) is 16.5 Å². The molecule has 0 amide bonds. The molecule has 0 aliphatic carbocycles. The van der Waals surface area contributed by atoms with Crippen molar-refractivity contribution in [2.75, 3.05) is 7.11 Å². The first-order chi connectivity index (χ1) is 16.3. The summed E-state index contributed by atoms with van der Waals surface area (Å²) in [4.78, 5) is 26.9. The maximum absolute atomic E-state index is 12.3. The van der Waals surface area contributed by atoms with Gasteiger partial charge in [-0.3, -0.25) is 10.1 Å². The number of hydrogen-bond donors (Lipinski definition) is 0. The molecule has 4 rings (SSSR count). The highest BCUT2D eigenvalue weighted by atomic mass is 127. The summed E-state index contributed by atoms with van der Waals surface area (Å²) in [7, 11) is 1.53. The number of nitrogens with zero attached hydrogens (tertiary/aromatic N) is 2. The van der Waals surface area contributed by atoms with Gasteiger partial charge in [-0.25, -0.2) is 9.79 Å². The standard InChI is InChI=1S/C24H16BrIN2O6/c1-32-21-12-15(10-19(25)22(21)33-13-14-3-2-4-17(26)9-14)11-20-24(29)34-23(27-20)16-5-7-18(8-6-16)28(30)31/h2-12H,13H2,1H3/b20-11-. The topological polar surface area (TPSA) is 100 Å². The highest BCUT2D eigenvalue weighted by Crippen LogP contribution is 2.38. The van der Waals surface area contributed by atoms with Crippen LogP contribution in [0.2, 0.25) is 0 Å². The van der Waals surface area contributed by atoms with Crippen LogP contribution in [-0.2, 0) is 16.1 Å². The second kappa shape index (κ2) is 10.3. The van der Waals surface area contributed by atoms with E-state index < -0.39 is 10.9 Å². The van der Waals surface area contributed by atoms with E-state index in [0.717, 1.165) is 9.13 Å². The smallest absolute Gasteiger partial charge is 0.363 e. The lowest BCUT2D eigenvalue weighted by Crippen LogP contribution is -2.05. The lowest BCUT2D eigenvalue weighted by molar-refractivity contribution is -0.384. The molecule has 8 nitrogen and oxygen atoms in total. The quantitative estimate of drug-likeness (QED) is 0.106. The van der Waals surface area contributed by atoms with Crippen molar-refractivity contribution in [1.82, 2.24) is 0 Å². The third-order valence-electron chi connectivity index (χ3n) is 4.77. The summed E-state index contributed by atoms with van der Waals surface area (Å²) in [6.45, 7) is 0.363. The van der Waals surface area contributed by atoms with Gasteiger partial charge in [0.1, 0.15) is 6.61 Å². The Morgan fingerprint density at radius 1 is 1.18 bits per heavy atom. The number of hydrogen-bond acceptors (Lipinski definition) is 7. The lowest BCUT2D eigenvalue weighted by atomic mass is 10.1. The lowest BCUT2D eigenvalue weighted by Gasteiger charge is -2.14. The molecular formula is C24H16BrIN2O6. The monoisotopic (exact) mass is 634 g/mol. The minimum Gasteiger partial charge on any atom is -0.493 e. The van der Waals surface area contributed by atoms with Crippen LogP contribution in [0.5, 0.6) is 11.5 Å². The molecule has 0 radical (unpaired) electrons. The number of rotatable bonds is 7. The third-order valence-corrected chi connectivity index (χ3v) is 6.03. The van der Waals surface area contributed by atoms with E-state index in [1.807, 2.05) is 24.3 Å². The Labute approximate surface area is 216 Å². The number of ether oxygens (including phenoxy) is 3. The largest absolute Gasteiger partial charge is 0.493 e. The molecule has 3 aromatic rings.